The second kappa shape index (κ2) is 6.45. The van der Waals surface area contributed by atoms with Crippen molar-refractivity contribution in [1.82, 2.24) is 0 Å². The summed E-state index contributed by atoms with van der Waals surface area (Å²) in [5, 5.41) is 6.18. The summed E-state index contributed by atoms with van der Waals surface area (Å²) < 4.78 is 10.0. The van der Waals surface area contributed by atoms with E-state index in [1.54, 1.807) is 13.2 Å². The van der Waals surface area contributed by atoms with Crippen molar-refractivity contribution in [3.63, 3.8) is 0 Å². The minimum atomic E-state index is -0.604. The van der Waals surface area contributed by atoms with E-state index >= 15 is 0 Å². The molecule has 0 amide bonds. The maximum atomic E-state index is 11.6. The molecule has 0 aromatic heterocycles. The Morgan fingerprint density at radius 1 is 0.750 bits per heavy atom. The summed E-state index contributed by atoms with van der Waals surface area (Å²) in [6.45, 7) is 0. The largest absolute Gasteiger partial charge is 0.497 e. The first-order chi connectivity index (χ1) is 11.6. The van der Waals surface area contributed by atoms with E-state index in [2.05, 4.69) is 10.6 Å². The van der Waals surface area contributed by atoms with Crippen LogP contribution in [0.1, 0.15) is 0 Å². The van der Waals surface area contributed by atoms with Crippen molar-refractivity contribution < 1.29 is 9.47 Å². The van der Waals surface area contributed by atoms with Gasteiger partial charge >= 0.3 is 0 Å². The summed E-state index contributed by atoms with van der Waals surface area (Å²) in [6, 6.07) is 14.9. The quantitative estimate of drug-likeness (QED) is 0.679. The number of anilines is 4. The van der Waals surface area contributed by atoms with Crippen LogP contribution >= 0.6 is 0 Å². The molecule has 3 aromatic rings. The van der Waals surface area contributed by atoms with Crippen LogP contribution in [0, 0.1) is 0 Å². The van der Waals surface area contributed by atoms with Gasteiger partial charge in [-0.05, 0) is 42.5 Å². The summed E-state index contributed by atoms with van der Waals surface area (Å²) in [7, 11) is 2.98. The number of rotatable bonds is 6. The van der Waals surface area contributed by atoms with E-state index in [-0.39, 0.29) is 11.4 Å². The van der Waals surface area contributed by atoms with Crippen LogP contribution < -0.4 is 31.0 Å². The fraction of sp³-hybridized carbons (Fsp3) is 0.111. The first-order valence-corrected chi connectivity index (χ1v) is 7.28. The molecule has 0 aliphatic carbocycles. The highest BCUT2D eigenvalue weighted by Crippen LogP contribution is 2.26. The topological polar surface area (TPSA) is 76.7 Å². The Morgan fingerprint density at radius 2 is 1.42 bits per heavy atom. The van der Waals surface area contributed by atoms with Crippen molar-refractivity contribution in [1.29, 1.82) is 0 Å². The molecular formula is C18H16N2O4. The van der Waals surface area contributed by atoms with Crippen LogP contribution in [0.4, 0.5) is 22.7 Å². The maximum absolute atomic E-state index is 11.6. The number of benzene rings is 2. The Balaban J connectivity index is 1.77. The monoisotopic (exact) mass is 324 g/mol. The van der Waals surface area contributed by atoms with Gasteiger partial charge < -0.3 is 20.1 Å². The summed E-state index contributed by atoms with van der Waals surface area (Å²) >= 11 is 0. The Kier molecular flexibility index (Phi) is 4.20. The molecule has 3 rings (SSSR count). The predicted octanol–water partition coefficient (Wildman–Crippen LogP) is 2.79. The Hall–Kier alpha value is -3.28. The van der Waals surface area contributed by atoms with Gasteiger partial charge in [-0.15, -0.1) is 0 Å². The highest BCUT2D eigenvalue weighted by molar-refractivity contribution is 5.73. The standard InChI is InChI=1S/C18H16N2O4/c1-23-14-8-6-11(7-9-14)19-12-4-3-5-13(10-12)20-15-16(21)17(22)18(15)24-2/h3-10,19-20H,1-2H3. The molecule has 24 heavy (non-hydrogen) atoms. The van der Waals surface area contributed by atoms with E-state index in [0.717, 1.165) is 17.1 Å². The van der Waals surface area contributed by atoms with Crippen LogP contribution in [0.15, 0.2) is 58.1 Å². The van der Waals surface area contributed by atoms with Gasteiger partial charge in [0.25, 0.3) is 10.9 Å². The van der Waals surface area contributed by atoms with Gasteiger partial charge in [-0.2, -0.15) is 0 Å². The SMILES string of the molecule is COc1ccc(Nc2cccc(Nc3c(OC)c(=O)c3=O)c2)cc1. The van der Waals surface area contributed by atoms with E-state index in [4.69, 9.17) is 9.47 Å². The summed E-state index contributed by atoms with van der Waals surface area (Å²) in [4.78, 5) is 23.0. The number of hydrogen-bond donors (Lipinski definition) is 2. The lowest BCUT2D eigenvalue weighted by Gasteiger charge is -2.13. The van der Waals surface area contributed by atoms with E-state index in [1.807, 2.05) is 42.5 Å². The van der Waals surface area contributed by atoms with Gasteiger partial charge in [0, 0.05) is 17.1 Å². The third kappa shape index (κ3) is 2.94. The van der Waals surface area contributed by atoms with E-state index < -0.39 is 10.9 Å². The highest BCUT2D eigenvalue weighted by atomic mass is 16.5. The minimum absolute atomic E-state index is 0.0634. The highest BCUT2D eigenvalue weighted by Gasteiger charge is 2.21. The second-order valence-electron chi connectivity index (χ2n) is 5.13. The van der Waals surface area contributed by atoms with Gasteiger partial charge in [0.2, 0.25) is 0 Å². The van der Waals surface area contributed by atoms with E-state index in [9.17, 15) is 9.59 Å². The van der Waals surface area contributed by atoms with Gasteiger partial charge in [-0.25, -0.2) is 0 Å². The van der Waals surface area contributed by atoms with Crippen LogP contribution in [-0.4, -0.2) is 14.2 Å². The van der Waals surface area contributed by atoms with Crippen molar-refractivity contribution in [2.75, 3.05) is 24.9 Å². The average Bonchev–Trinajstić information content (AvgIpc) is 2.62. The van der Waals surface area contributed by atoms with Crippen molar-refractivity contribution >= 4 is 22.7 Å². The Labute approximate surface area is 138 Å². The molecule has 0 bridgehead atoms. The molecular weight excluding hydrogens is 308 g/mol. The minimum Gasteiger partial charge on any atom is -0.497 e. The second-order valence-corrected chi connectivity index (χ2v) is 5.13. The summed E-state index contributed by atoms with van der Waals surface area (Å²) in [6.07, 6.45) is 0. The molecule has 0 atom stereocenters. The molecule has 6 nitrogen and oxygen atoms in total. The van der Waals surface area contributed by atoms with Gasteiger partial charge in [-0.3, -0.25) is 9.59 Å². The lowest BCUT2D eigenvalue weighted by Crippen LogP contribution is -2.34. The van der Waals surface area contributed by atoms with Crippen molar-refractivity contribution in [3.05, 3.63) is 69.0 Å². The van der Waals surface area contributed by atoms with Gasteiger partial charge in [0.1, 0.15) is 11.4 Å². The first-order valence-electron chi connectivity index (χ1n) is 7.28. The van der Waals surface area contributed by atoms with Crippen LogP contribution in [-0.2, 0) is 0 Å². The third-order valence-electron chi connectivity index (χ3n) is 3.58. The number of ether oxygens (including phenoxy) is 2. The molecule has 0 aliphatic heterocycles. The van der Waals surface area contributed by atoms with E-state index in [0.29, 0.717) is 5.69 Å². The first kappa shape index (κ1) is 15.6. The molecule has 6 heteroatoms. The van der Waals surface area contributed by atoms with Gasteiger partial charge in [0.15, 0.2) is 5.75 Å². The zero-order valence-electron chi connectivity index (χ0n) is 13.3. The van der Waals surface area contributed by atoms with Gasteiger partial charge in [-0.1, -0.05) is 6.07 Å². The zero-order chi connectivity index (χ0) is 17.1. The predicted molar refractivity (Wildman–Crippen MR) is 93.9 cm³/mol. The Morgan fingerprint density at radius 3 is 2.04 bits per heavy atom. The Bertz CT molecular complexity index is 925. The van der Waals surface area contributed by atoms with Crippen LogP contribution in [0.3, 0.4) is 0 Å². The van der Waals surface area contributed by atoms with Crippen molar-refractivity contribution in [2.45, 2.75) is 0 Å². The lowest BCUT2D eigenvalue weighted by molar-refractivity contribution is 0.408. The summed E-state index contributed by atoms with van der Waals surface area (Å²) in [5.41, 5.74) is 1.43. The molecule has 122 valence electrons. The molecule has 3 aromatic carbocycles. The zero-order valence-corrected chi connectivity index (χ0v) is 13.3. The number of methoxy groups -OCH3 is 2. The fourth-order valence-electron chi connectivity index (χ4n) is 2.34. The fourth-order valence-corrected chi connectivity index (χ4v) is 2.34. The molecule has 0 heterocycles. The normalized spacial score (nSPS) is 10.4. The molecule has 0 saturated heterocycles. The molecule has 0 unspecified atom stereocenters. The smallest absolute Gasteiger partial charge is 0.272 e. The van der Waals surface area contributed by atoms with E-state index in [1.165, 1.54) is 7.11 Å². The number of hydrogen-bond acceptors (Lipinski definition) is 6. The van der Waals surface area contributed by atoms with Crippen molar-refractivity contribution in [3.8, 4) is 11.5 Å². The molecule has 0 spiro atoms. The summed E-state index contributed by atoms with van der Waals surface area (Å²) in [5.74, 6) is 0.844. The van der Waals surface area contributed by atoms with Crippen LogP contribution in [0.2, 0.25) is 0 Å². The molecule has 0 saturated carbocycles. The number of nitrogens with one attached hydrogen (secondary N) is 2. The van der Waals surface area contributed by atoms with Crippen LogP contribution in [0.25, 0.3) is 0 Å². The molecule has 2 N–H and O–H groups in total. The average molecular weight is 324 g/mol. The van der Waals surface area contributed by atoms with Gasteiger partial charge in [0.05, 0.1) is 14.2 Å². The van der Waals surface area contributed by atoms with Crippen LogP contribution in [0.5, 0.6) is 11.5 Å². The molecule has 0 fully saturated rings. The molecule has 0 radical (unpaired) electrons. The molecule has 0 aliphatic rings. The van der Waals surface area contributed by atoms with Crippen molar-refractivity contribution in [2.24, 2.45) is 0 Å². The maximum Gasteiger partial charge on any atom is 0.272 e. The lowest BCUT2D eigenvalue weighted by atomic mass is 10.2. The third-order valence-corrected chi connectivity index (χ3v) is 3.58.